The molecule has 1 N–H and O–H groups in total. The highest BCUT2D eigenvalue weighted by Gasteiger charge is 2.24. The first kappa shape index (κ1) is 17.9. The van der Waals surface area contributed by atoms with E-state index in [0.29, 0.717) is 19.7 Å². The van der Waals surface area contributed by atoms with Gasteiger partial charge in [-0.3, -0.25) is 4.79 Å². The van der Waals surface area contributed by atoms with Crippen molar-refractivity contribution in [2.24, 2.45) is 5.92 Å². The van der Waals surface area contributed by atoms with Crippen LogP contribution in [0.3, 0.4) is 0 Å². The number of carbonyl (C=O) groups is 2. The van der Waals surface area contributed by atoms with Crippen molar-refractivity contribution in [3.8, 4) is 11.5 Å². The van der Waals surface area contributed by atoms with E-state index in [0.717, 1.165) is 24.3 Å². The summed E-state index contributed by atoms with van der Waals surface area (Å²) in [7, 11) is 2.89. The summed E-state index contributed by atoms with van der Waals surface area (Å²) in [5.41, 5.74) is 0. The third-order valence-corrected chi connectivity index (χ3v) is 3.97. The molecule has 0 radical (unpaired) electrons. The number of rotatable bonds is 6. The Morgan fingerprint density at radius 2 is 2.08 bits per heavy atom. The number of benzene rings is 1. The SMILES string of the molecule is COC(=O)NCC(=O)N1CCCC(COc2cccc(OC)c2)C1. The molecule has 1 aliphatic heterocycles. The fourth-order valence-corrected chi connectivity index (χ4v) is 2.66. The smallest absolute Gasteiger partial charge is 0.407 e. The summed E-state index contributed by atoms with van der Waals surface area (Å²) in [5, 5.41) is 2.42. The number of likely N-dealkylation sites (tertiary alicyclic amines) is 1. The van der Waals surface area contributed by atoms with Gasteiger partial charge in [0.05, 0.1) is 20.8 Å². The van der Waals surface area contributed by atoms with Gasteiger partial charge in [0.1, 0.15) is 18.0 Å². The van der Waals surface area contributed by atoms with Crippen LogP contribution in [0.2, 0.25) is 0 Å². The van der Waals surface area contributed by atoms with Crippen LogP contribution in [0.1, 0.15) is 12.8 Å². The molecule has 1 aromatic rings. The van der Waals surface area contributed by atoms with Crippen LogP contribution < -0.4 is 14.8 Å². The van der Waals surface area contributed by atoms with E-state index in [2.05, 4.69) is 10.1 Å². The second-order valence-electron chi connectivity index (χ2n) is 5.68. The van der Waals surface area contributed by atoms with E-state index in [4.69, 9.17) is 9.47 Å². The summed E-state index contributed by atoms with van der Waals surface area (Å²) in [6, 6.07) is 7.46. The maximum atomic E-state index is 12.1. The van der Waals surface area contributed by atoms with Gasteiger partial charge < -0.3 is 24.4 Å². The van der Waals surface area contributed by atoms with Gasteiger partial charge in [0, 0.05) is 25.1 Å². The first-order chi connectivity index (χ1) is 11.6. The minimum Gasteiger partial charge on any atom is -0.497 e. The van der Waals surface area contributed by atoms with E-state index in [9.17, 15) is 9.59 Å². The molecule has 1 atom stereocenters. The van der Waals surface area contributed by atoms with Crippen LogP contribution >= 0.6 is 0 Å². The molecule has 132 valence electrons. The molecular formula is C17H24N2O5. The van der Waals surface area contributed by atoms with Crippen molar-refractivity contribution in [3.63, 3.8) is 0 Å². The Bertz CT molecular complexity index is 564. The number of hydrogen-bond donors (Lipinski definition) is 1. The van der Waals surface area contributed by atoms with Crippen LogP contribution in [-0.2, 0) is 9.53 Å². The van der Waals surface area contributed by atoms with Gasteiger partial charge in [-0.25, -0.2) is 4.79 Å². The van der Waals surface area contributed by atoms with E-state index >= 15 is 0 Å². The predicted octanol–water partition coefficient (Wildman–Crippen LogP) is 1.67. The van der Waals surface area contributed by atoms with Crippen molar-refractivity contribution in [2.75, 3.05) is 40.5 Å². The Kier molecular flexibility index (Phi) is 6.72. The molecule has 2 amide bonds. The standard InChI is InChI=1S/C17H24N2O5/c1-22-14-6-3-7-15(9-14)24-12-13-5-4-8-19(11-13)16(20)10-18-17(21)23-2/h3,6-7,9,13H,4-5,8,10-12H2,1-2H3,(H,18,21). The fourth-order valence-electron chi connectivity index (χ4n) is 2.66. The Labute approximate surface area is 141 Å². The maximum Gasteiger partial charge on any atom is 0.407 e. The van der Waals surface area contributed by atoms with Crippen LogP contribution in [0.25, 0.3) is 0 Å². The molecule has 24 heavy (non-hydrogen) atoms. The number of amides is 2. The lowest BCUT2D eigenvalue weighted by Gasteiger charge is -2.32. The molecule has 0 aromatic heterocycles. The highest BCUT2D eigenvalue weighted by molar-refractivity contribution is 5.82. The molecule has 1 saturated heterocycles. The topological polar surface area (TPSA) is 77.1 Å². The van der Waals surface area contributed by atoms with E-state index in [1.165, 1.54) is 7.11 Å². The molecule has 0 saturated carbocycles. The quantitative estimate of drug-likeness (QED) is 0.855. The van der Waals surface area contributed by atoms with Crippen molar-refractivity contribution in [1.82, 2.24) is 10.2 Å². The van der Waals surface area contributed by atoms with Gasteiger partial charge in [-0.15, -0.1) is 0 Å². The molecule has 1 aliphatic rings. The van der Waals surface area contributed by atoms with Gasteiger partial charge in [0.25, 0.3) is 0 Å². The Morgan fingerprint density at radius 1 is 1.29 bits per heavy atom. The van der Waals surface area contributed by atoms with E-state index in [-0.39, 0.29) is 18.4 Å². The van der Waals surface area contributed by atoms with Gasteiger partial charge in [0.2, 0.25) is 5.91 Å². The van der Waals surface area contributed by atoms with Crippen LogP contribution in [0.15, 0.2) is 24.3 Å². The van der Waals surface area contributed by atoms with Crippen LogP contribution in [0.4, 0.5) is 4.79 Å². The van der Waals surface area contributed by atoms with Crippen LogP contribution in [0, 0.1) is 5.92 Å². The molecule has 1 heterocycles. The molecule has 1 aromatic carbocycles. The van der Waals surface area contributed by atoms with Crippen molar-refractivity contribution >= 4 is 12.0 Å². The third kappa shape index (κ3) is 5.33. The van der Waals surface area contributed by atoms with Crippen molar-refractivity contribution in [1.29, 1.82) is 0 Å². The minimum atomic E-state index is -0.599. The first-order valence-electron chi connectivity index (χ1n) is 7.99. The summed E-state index contributed by atoms with van der Waals surface area (Å²) < 4.78 is 15.5. The number of piperidine rings is 1. The molecule has 0 bridgehead atoms. The van der Waals surface area contributed by atoms with Gasteiger partial charge in [-0.1, -0.05) is 6.07 Å². The zero-order chi connectivity index (χ0) is 17.4. The van der Waals surface area contributed by atoms with Crippen molar-refractivity contribution in [2.45, 2.75) is 12.8 Å². The Hall–Kier alpha value is -2.44. The summed E-state index contributed by atoms with van der Waals surface area (Å²) in [5.74, 6) is 1.67. The number of carbonyl (C=O) groups excluding carboxylic acids is 2. The number of ether oxygens (including phenoxy) is 3. The molecule has 7 nitrogen and oxygen atoms in total. The molecular weight excluding hydrogens is 312 g/mol. The number of alkyl carbamates (subject to hydrolysis) is 1. The van der Waals surface area contributed by atoms with E-state index in [1.807, 2.05) is 24.3 Å². The summed E-state index contributed by atoms with van der Waals surface area (Å²) >= 11 is 0. The zero-order valence-corrected chi connectivity index (χ0v) is 14.1. The molecule has 0 aliphatic carbocycles. The lowest BCUT2D eigenvalue weighted by atomic mass is 9.99. The number of nitrogens with one attached hydrogen (secondary N) is 1. The largest absolute Gasteiger partial charge is 0.497 e. The average Bonchev–Trinajstić information content (AvgIpc) is 2.64. The molecule has 0 spiro atoms. The lowest BCUT2D eigenvalue weighted by Crippen LogP contribution is -2.46. The summed E-state index contributed by atoms with van der Waals surface area (Å²) in [6.07, 6.45) is 1.34. The third-order valence-electron chi connectivity index (χ3n) is 3.97. The monoisotopic (exact) mass is 336 g/mol. The molecule has 7 heteroatoms. The number of methoxy groups -OCH3 is 2. The second-order valence-corrected chi connectivity index (χ2v) is 5.68. The second kappa shape index (κ2) is 9.00. The zero-order valence-electron chi connectivity index (χ0n) is 14.1. The Morgan fingerprint density at radius 3 is 2.83 bits per heavy atom. The highest BCUT2D eigenvalue weighted by atomic mass is 16.5. The molecule has 2 rings (SSSR count). The molecule has 1 fully saturated rings. The minimum absolute atomic E-state index is 0.0455. The van der Waals surface area contributed by atoms with Gasteiger partial charge in [0.15, 0.2) is 0 Å². The Balaban J connectivity index is 1.79. The first-order valence-corrected chi connectivity index (χ1v) is 7.99. The number of hydrogen-bond acceptors (Lipinski definition) is 5. The van der Waals surface area contributed by atoms with Gasteiger partial charge in [-0.05, 0) is 25.0 Å². The van der Waals surface area contributed by atoms with Crippen LogP contribution in [-0.4, -0.2) is 57.4 Å². The van der Waals surface area contributed by atoms with Crippen molar-refractivity contribution in [3.05, 3.63) is 24.3 Å². The fraction of sp³-hybridized carbons (Fsp3) is 0.529. The van der Waals surface area contributed by atoms with Gasteiger partial charge >= 0.3 is 6.09 Å². The maximum absolute atomic E-state index is 12.1. The average molecular weight is 336 g/mol. The van der Waals surface area contributed by atoms with Gasteiger partial charge in [-0.2, -0.15) is 0 Å². The van der Waals surface area contributed by atoms with E-state index < -0.39 is 6.09 Å². The predicted molar refractivity (Wildman–Crippen MR) is 88.2 cm³/mol. The lowest BCUT2D eigenvalue weighted by molar-refractivity contribution is -0.132. The van der Waals surface area contributed by atoms with E-state index in [1.54, 1.807) is 12.0 Å². The van der Waals surface area contributed by atoms with Crippen molar-refractivity contribution < 1.29 is 23.8 Å². The van der Waals surface area contributed by atoms with Crippen LogP contribution in [0.5, 0.6) is 11.5 Å². The number of nitrogens with zero attached hydrogens (tertiary/aromatic N) is 1. The molecule has 1 unspecified atom stereocenters. The highest BCUT2D eigenvalue weighted by Crippen LogP contribution is 2.22. The summed E-state index contributed by atoms with van der Waals surface area (Å²) in [6.45, 7) is 1.83. The normalized spacial score (nSPS) is 17.1. The summed E-state index contributed by atoms with van der Waals surface area (Å²) in [4.78, 5) is 24.9.